The number of hydrogen-bond donors (Lipinski definition) is 2. The largest absolute Gasteiger partial charge is 0.382 e. The molecule has 5 nitrogen and oxygen atoms in total. The molecule has 1 rings (SSSR count). The number of amides is 1. The summed E-state index contributed by atoms with van der Waals surface area (Å²) in [6.07, 6.45) is 6.87. The van der Waals surface area contributed by atoms with Crippen molar-refractivity contribution in [3.8, 4) is 0 Å². The Morgan fingerprint density at radius 2 is 2.06 bits per heavy atom. The third-order valence-corrected chi connectivity index (χ3v) is 4.78. The molecule has 0 saturated heterocycles. The van der Waals surface area contributed by atoms with E-state index >= 15 is 0 Å². The van der Waals surface area contributed by atoms with E-state index in [9.17, 15) is 4.79 Å². The predicted octanol–water partition coefficient (Wildman–Crippen LogP) is 1.71. The average Bonchev–Trinajstić information content (AvgIpc) is 2.41. The van der Waals surface area contributed by atoms with Gasteiger partial charge in [0.1, 0.15) is 11.5 Å². The van der Waals surface area contributed by atoms with E-state index in [4.69, 9.17) is 5.73 Å². The lowest BCUT2D eigenvalue weighted by Crippen LogP contribution is -2.39. The summed E-state index contributed by atoms with van der Waals surface area (Å²) in [6.45, 7) is 4.90. The molecule has 0 spiro atoms. The van der Waals surface area contributed by atoms with Gasteiger partial charge in [-0.05, 0) is 19.1 Å². The maximum Gasteiger partial charge on any atom is 0.271 e. The van der Waals surface area contributed by atoms with Gasteiger partial charge in [-0.15, -0.1) is 0 Å². The van der Waals surface area contributed by atoms with Gasteiger partial charge in [0.25, 0.3) is 5.91 Å². The molecule has 0 aliphatic heterocycles. The van der Waals surface area contributed by atoms with Crippen LogP contribution in [0, 0.1) is 0 Å². The van der Waals surface area contributed by atoms with Gasteiger partial charge in [-0.2, -0.15) is 11.8 Å². The molecule has 0 aliphatic rings. The minimum Gasteiger partial charge on any atom is -0.382 e. The Bertz CT molecular complexity index is 381. The van der Waals surface area contributed by atoms with Crippen LogP contribution >= 0.6 is 11.8 Å². The zero-order chi connectivity index (χ0) is 13.6. The highest BCUT2D eigenvalue weighted by Gasteiger charge is 2.25. The Labute approximate surface area is 112 Å². The van der Waals surface area contributed by atoms with Gasteiger partial charge in [-0.3, -0.25) is 4.79 Å². The van der Waals surface area contributed by atoms with Gasteiger partial charge in [0.2, 0.25) is 0 Å². The van der Waals surface area contributed by atoms with Gasteiger partial charge in [0.15, 0.2) is 0 Å². The summed E-state index contributed by atoms with van der Waals surface area (Å²) in [6, 6.07) is 0. The predicted molar refractivity (Wildman–Crippen MR) is 75.6 cm³/mol. The van der Waals surface area contributed by atoms with E-state index in [2.05, 4.69) is 35.4 Å². The van der Waals surface area contributed by atoms with E-state index < -0.39 is 0 Å². The summed E-state index contributed by atoms with van der Waals surface area (Å²) >= 11 is 1.79. The second kappa shape index (κ2) is 6.58. The molecule has 6 heteroatoms. The monoisotopic (exact) mass is 268 g/mol. The average molecular weight is 268 g/mol. The molecular weight excluding hydrogens is 248 g/mol. The maximum absolute atomic E-state index is 11.9. The molecule has 3 N–H and O–H groups in total. The number of carbonyl (C=O) groups is 1. The van der Waals surface area contributed by atoms with Crippen LogP contribution in [0.15, 0.2) is 12.4 Å². The first-order valence-corrected chi connectivity index (χ1v) is 7.20. The minimum absolute atomic E-state index is 0.0941. The van der Waals surface area contributed by atoms with E-state index in [0.29, 0.717) is 18.1 Å². The first-order chi connectivity index (χ1) is 8.56. The lowest BCUT2D eigenvalue weighted by atomic mass is 10.0. The lowest BCUT2D eigenvalue weighted by molar-refractivity contribution is 0.0943. The Morgan fingerprint density at radius 3 is 2.50 bits per heavy atom. The molecule has 0 unspecified atom stereocenters. The molecule has 100 valence electrons. The van der Waals surface area contributed by atoms with E-state index in [0.717, 1.165) is 12.8 Å². The first-order valence-electron chi connectivity index (χ1n) is 5.97. The number of nitrogen functional groups attached to an aromatic ring is 1. The Morgan fingerprint density at radius 1 is 1.39 bits per heavy atom. The van der Waals surface area contributed by atoms with Crippen LogP contribution in [0.1, 0.15) is 37.2 Å². The van der Waals surface area contributed by atoms with Crippen molar-refractivity contribution in [2.75, 3.05) is 18.5 Å². The molecule has 0 fully saturated rings. The van der Waals surface area contributed by atoms with E-state index in [1.54, 1.807) is 11.8 Å². The van der Waals surface area contributed by atoms with Crippen molar-refractivity contribution in [2.24, 2.45) is 0 Å². The number of nitrogens with one attached hydrogen (secondary N) is 1. The van der Waals surface area contributed by atoms with Crippen LogP contribution in [0.3, 0.4) is 0 Å². The molecule has 0 bridgehead atoms. The van der Waals surface area contributed by atoms with Crippen molar-refractivity contribution in [3.63, 3.8) is 0 Å². The topological polar surface area (TPSA) is 80.9 Å². The van der Waals surface area contributed by atoms with Crippen LogP contribution in [0.5, 0.6) is 0 Å². The Kier molecular flexibility index (Phi) is 5.40. The van der Waals surface area contributed by atoms with E-state index in [1.165, 1.54) is 12.4 Å². The minimum atomic E-state index is -0.206. The third kappa shape index (κ3) is 3.60. The van der Waals surface area contributed by atoms with Crippen LogP contribution in [0.4, 0.5) is 5.82 Å². The molecule has 1 amide bonds. The number of nitrogens with zero attached hydrogens (tertiary/aromatic N) is 2. The van der Waals surface area contributed by atoms with Gasteiger partial charge >= 0.3 is 0 Å². The number of rotatable bonds is 6. The normalized spacial score (nSPS) is 11.3. The van der Waals surface area contributed by atoms with Crippen LogP contribution in [-0.4, -0.2) is 33.4 Å². The maximum atomic E-state index is 11.9. The van der Waals surface area contributed by atoms with Crippen molar-refractivity contribution in [2.45, 2.75) is 31.4 Å². The molecular formula is C12H20N4OS. The molecule has 0 aliphatic carbocycles. The molecule has 0 radical (unpaired) electrons. The van der Waals surface area contributed by atoms with Gasteiger partial charge in [-0.1, -0.05) is 13.8 Å². The number of anilines is 1. The van der Waals surface area contributed by atoms with Crippen molar-refractivity contribution >= 4 is 23.5 Å². The van der Waals surface area contributed by atoms with E-state index in [-0.39, 0.29) is 10.7 Å². The fourth-order valence-corrected chi connectivity index (χ4v) is 2.44. The number of hydrogen-bond acceptors (Lipinski definition) is 5. The second-order valence-electron chi connectivity index (χ2n) is 4.10. The third-order valence-electron chi connectivity index (χ3n) is 3.20. The highest BCUT2D eigenvalue weighted by Crippen LogP contribution is 2.29. The standard InChI is InChI=1S/C12H20N4OS/c1-4-12(5-2,18-3)8-16-11(17)9-6-15-10(13)7-14-9/h6-7H,4-5,8H2,1-3H3,(H2,13,15)(H,16,17). The number of thioether (sulfide) groups is 1. The highest BCUT2D eigenvalue weighted by atomic mass is 32.2. The SMILES string of the molecule is CCC(CC)(CNC(=O)c1cnc(N)cn1)SC. The highest BCUT2D eigenvalue weighted by molar-refractivity contribution is 8.00. The second-order valence-corrected chi connectivity index (χ2v) is 5.38. The summed E-state index contributed by atoms with van der Waals surface area (Å²) in [5, 5.41) is 2.91. The Hall–Kier alpha value is -1.30. The molecule has 18 heavy (non-hydrogen) atoms. The quantitative estimate of drug-likeness (QED) is 0.821. The number of nitrogens with two attached hydrogens (primary N) is 1. The Balaban J connectivity index is 2.63. The summed E-state index contributed by atoms with van der Waals surface area (Å²) in [5.41, 5.74) is 5.72. The van der Waals surface area contributed by atoms with Gasteiger partial charge < -0.3 is 11.1 Å². The fraction of sp³-hybridized carbons (Fsp3) is 0.583. The molecule has 1 heterocycles. The molecule has 0 saturated carbocycles. The van der Waals surface area contributed by atoms with Gasteiger partial charge in [-0.25, -0.2) is 9.97 Å². The van der Waals surface area contributed by atoms with Crippen molar-refractivity contribution in [1.29, 1.82) is 0 Å². The zero-order valence-corrected chi connectivity index (χ0v) is 11.9. The first kappa shape index (κ1) is 14.8. The van der Waals surface area contributed by atoms with Crippen molar-refractivity contribution in [3.05, 3.63) is 18.1 Å². The van der Waals surface area contributed by atoms with Crippen LogP contribution < -0.4 is 11.1 Å². The molecule has 0 atom stereocenters. The summed E-state index contributed by atoms with van der Waals surface area (Å²) < 4.78 is 0.0941. The fourth-order valence-electron chi connectivity index (χ4n) is 1.65. The molecule has 1 aromatic heterocycles. The smallest absolute Gasteiger partial charge is 0.271 e. The van der Waals surface area contributed by atoms with Crippen LogP contribution in [-0.2, 0) is 0 Å². The van der Waals surface area contributed by atoms with Crippen LogP contribution in [0.2, 0.25) is 0 Å². The number of carbonyl (C=O) groups excluding carboxylic acids is 1. The van der Waals surface area contributed by atoms with Gasteiger partial charge in [0, 0.05) is 11.3 Å². The summed E-state index contributed by atoms with van der Waals surface area (Å²) in [5.74, 6) is 0.106. The van der Waals surface area contributed by atoms with E-state index in [1.807, 2.05) is 0 Å². The summed E-state index contributed by atoms with van der Waals surface area (Å²) in [4.78, 5) is 19.7. The van der Waals surface area contributed by atoms with Gasteiger partial charge in [0.05, 0.1) is 12.4 Å². The zero-order valence-electron chi connectivity index (χ0n) is 11.1. The number of aromatic nitrogens is 2. The van der Waals surface area contributed by atoms with Crippen molar-refractivity contribution < 1.29 is 4.79 Å². The molecule has 1 aromatic rings. The summed E-state index contributed by atoms with van der Waals surface area (Å²) in [7, 11) is 0. The van der Waals surface area contributed by atoms with Crippen molar-refractivity contribution in [1.82, 2.24) is 15.3 Å². The lowest BCUT2D eigenvalue weighted by Gasteiger charge is -2.29. The van der Waals surface area contributed by atoms with Crippen LogP contribution in [0.25, 0.3) is 0 Å². The molecule has 0 aromatic carbocycles.